The van der Waals surface area contributed by atoms with Gasteiger partial charge in [-0.3, -0.25) is 0 Å². The number of halogens is 1. The molecule has 1 aromatic rings. The van der Waals surface area contributed by atoms with Gasteiger partial charge in [-0.2, -0.15) is 0 Å². The number of ether oxygens (including phenoxy) is 1. The van der Waals surface area contributed by atoms with E-state index in [1.807, 2.05) is 6.07 Å². The van der Waals surface area contributed by atoms with Crippen molar-refractivity contribution in [1.82, 2.24) is 4.98 Å². The summed E-state index contributed by atoms with van der Waals surface area (Å²) in [6, 6.07) is 1.81. The monoisotopic (exact) mass is 226 g/mol. The molecule has 2 N–H and O–H groups in total. The zero-order valence-electron chi connectivity index (χ0n) is 8.58. The highest BCUT2D eigenvalue weighted by molar-refractivity contribution is 6.31. The number of aromatic nitrogens is 1. The van der Waals surface area contributed by atoms with Crippen LogP contribution in [0.4, 0.5) is 0 Å². The quantitative estimate of drug-likeness (QED) is 0.839. The molecule has 0 saturated heterocycles. The van der Waals surface area contributed by atoms with E-state index >= 15 is 0 Å². The SMILES string of the molecule is NCc1cc(OCCC2CC2)ncc1Cl. The fourth-order valence-corrected chi connectivity index (χ4v) is 1.61. The number of nitrogens with zero attached hydrogens (tertiary/aromatic N) is 1. The first-order valence-corrected chi connectivity index (χ1v) is 5.64. The van der Waals surface area contributed by atoms with Gasteiger partial charge in [-0.15, -0.1) is 0 Å². The third-order valence-electron chi connectivity index (χ3n) is 2.60. The molecule has 1 aliphatic carbocycles. The maximum atomic E-state index is 5.89. The number of rotatable bonds is 5. The molecule has 1 aliphatic rings. The van der Waals surface area contributed by atoms with Crippen LogP contribution in [-0.2, 0) is 6.54 Å². The summed E-state index contributed by atoms with van der Waals surface area (Å²) in [5.41, 5.74) is 6.42. The van der Waals surface area contributed by atoms with E-state index in [1.165, 1.54) is 12.8 Å². The molecule has 82 valence electrons. The zero-order valence-corrected chi connectivity index (χ0v) is 9.33. The van der Waals surface area contributed by atoms with E-state index in [0.717, 1.165) is 24.5 Å². The van der Waals surface area contributed by atoms with Crippen molar-refractivity contribution in [3.63, 3.8) is 0 Å². The van der Waals surface area contributed by atoms with E-state index in [-0.39, 0.29) is 0 Å². The van der Waals surface area contributed by atoms with Gasteiger partial charge >= 0.3 is 0 Å². The Morgan fingerprint density at radius 3 is 3.00 bits per heavy atom. The number of nitrogens with two attached hydrogens (primary N) is 1. The van der Waals surface area contributed by atoms with E-state index in [0.29, 0.717) is 17.4 Å². The van der Waals surface area contributed by atoms with Crippen LogP contribution in [0.5, 0.6) is 5.88 Å². The van der Waals surface area contributed by atoms with E-state index in [4.69, 9.17) is 22.1 Å². The van der Waals surface area contributed by atoms with Crippen LogP contribution in [0.25, 0.3) is 0 Å². The third kappa shape index (κ3) is 3.08. The van der Waals surface area contributed by atoms with Crippen LogP contribution >= 0.6 is 11.6 Å². The Kier molecular flexibility index (Phi) is 3.44. The minimum absolute atomic E-state index is 0.417. The molecule has 0 unspecified atom stereocenters. The summed E-state index contributed by atoms with van der Waals surface area (Å²) in [7, 11) is 0. The van der Waals surface area contributed by atoms with Crippen molar-refractivity contribution in [2.24, 2.45) is 11.7 Å². The first kappa shape index (κ1) is 10.7. The molecule has 1 heterocycles. The lowest BCUT2D eigenvalue weighted by molar-refractivity contribution is 0.291. The highest BCUT2D eigenvalue weighted by Gasteiger charge is 2.20. The summed E-state index contributed by atoms with van der Waals surface area (Å²) in [5, 5.41) is 0.604. The van der Waals surface area contributed by atoms with Crippen LogP contribution in [0.3, 0.4) is 0 Å². The van der Waals surface area contributed by atoms with Crippen molar-refractivity contribution >= 4 is 11.6 Å². The molecular weight excluding hydrogens is 212 g/mol. The molecule has 15 heavy (non-hydrogen) atoms. The predicted octanol–water partition coefficient (Wildman–Crippen LogP) is 2.37. The van der Waals surface area contributed by atoms with Crippen molar-refractivity contribution < 1.29 is 4.74 Å². The fourth-order valence-electron chi connectivity index (χ4n) is 1.43. The van der Waals surface area contributed by atoms with Gasteiger partial charge in [-0.05, 0) is 17.9 Å². The van der Waals surface area contributed by atoms with Crippen LogP contribution in [0.2, 0.25) is 5.02 Å². The van der Waals surface area contributed by atoms with Gasteiger partial charge in [0.2, 0.25) is 5.88 Å². The zero-order chi connectivity index (χ0) is 10.7. The van der Waals surface area contributed by atoms with E-state index < -0.39 is 0 Å². The average molecular weight is 227 g/mol. The standard InChI is InChI=1S/C11H15ClN2O/c12-10-7-14-11(5-9(10)6-13)15-4-3-8-1-2-8/h5,7-8H,1-4,6,13H2. The summed E-state index contributed by atoms with van der Waals surface area (Å²) in [5.74, 6) is 1.51. The fraction of sp³-hybridized carbons (Fsp3) is 0.545. The Labute approximate surface area is 94.6 Å². The molecule has 3 nitrogen and oxygen atoms in total. The Hall–Kier alpha value is -0.800. The van der Waals surface area contributed by atoms with Crippen LogP contribution < -0.4 is 10.5 Å². The molecule has 2 rings (SSSR count). The van der Waals surface area contributed by atoms with Crippen molar-refractivity contribution in [2.45, 2.75) is 25.8 Å². The maximum Gasteiger partial charge on any atom is 0.213 e. The topological polar surface area (TPSA) is 48.1 Å². The van der Waals surface area contributed by atoms with E-state index in [2.05, 4.69) is 4.98 Å². The predicted molar refractivity (Wildman–Crippen MR) is 60.0 cm³/mol. The van der Waals surface area contributed by atoms with Crippen molar-refractivity contribution in [3.8, 4) is 5.88 Å². The lowest BCUT2D eigenvalue weighted by Crippen LogP contribution is -2.03. The van der Waals surface area contributed by atoms with Crippen molar-refractivity contribution in [1.29, 1.82) is 0 Å². The Morgan fingerprint density at radius 1 is 1.53 bits per heavy atom. The smallest absolute Gasteiger partial charge is 0.213 e. The van der Waals surface area contributed by atoms with Gasteiger partial charge in [0.05, 0.1) is 11.6 Å². The Morgan fingerprint density at radius 2 is 2.33 bits per heavy atom. The van der Waals surface area contributed by atoms with Crippen LogP contribution in [0.1, 0.15) is 24.8 Å². The van der Waals surface area contributed by atoms with Gasteiger partial charge < -0.3 is 10.5 Å². The first-order chi connectivity index (χ1) is 7.29. The Balaban J connectivity index is 1.89. The molecule has 0 radical (unpaired) electrons. The van der Waals surface area contributed by atoms with Crippen LogP contribution in [0, 0.1) is 5.92 Å². The van der Waals surface area contributed by atoms with E-state index in [9.17, 15) is 0 Å². The van der Waals surface area contributed by atoms with Gasteiger partial charge in [0.15, 0.2) is 0 Å². The van der Waals surface area contributed by atoms with Gasteiger partial charge in [0, 0.05) is 18.8 Å². The normalized spacial score (nSPS) is 15.3. The summed E-state index contributed by atoms with van der Waals surface area (Å²) >= 11 is 5.89. The molecule has 0 spiro atoms. The summed E-state index contributed by atoms with van der Waals surface area (Å²) < 4.78 is 5.53. The highest BCUT2D eigenvalue weighted by Crippen LogP contribution is 2.32. The molecule has 1 fully saturated rings. The summed E-state index contributed by atoms with van der Waals surface area (Å²) in [6.07, 6.45) is 5.43. The third-order valence-corrected chi connectivity index (χ3v) is 2.94. The second-order valence-electron chi connectivity index (χ2n) is 3.90. The average Bonchev–Trinajstić information content (AvgIpc) is 3.04. The maximum absolute atomic E-state index is 5.89. The van der Waals surface area contributed by atoms with E-state index in [1.54, 1.807) is 6.20 Å². The Bertz CT molecular complexity index is 339. The minimum atomic E-state index is 0.417. The molecule has 1 aromatic heterocycles. The second kappa shape index (κ2) is 4.81. The molecule has 4 heteroatoms. The first-order valence-electron chi connectivity index (χ1n) is 5.27. The van der Waals surface area contributed by atoms with Crippen molar-refractivity contribution in [2.75, 3.05) is 6.61 Å². The van der Waals surface area contributed by atoms with Gasteiger partial charge in [-0.25, -0.2) is 4.98 Å². The van der Waals surface area contributed by atoms with Gasteiger partial charge in [0.1, 0.15) is 0 Å². The number of pyridine rings is 1. The molecule has 0 atom stereocenters. The molecular formula is C11H15ClN2O. The van der Waals surface area contributed by atoms with Crippen LogP contribution in [-0.4, -0.2) is 11.6 Å². The summed E-state index contributed by atoms with van der Waals surface area (Å²) in [6.45, 7) is 1.16. The van der Waals surface area contributed by atoms with Gasteiger partial charge in [-0.1, -0.05) is 24.4 Å². The lowest BCUT2D eigenvalue weighted by atomic mass is 10.2. The van der Waals surface area contributed by atoms with Crippen molar-refractivity contribution in [3.05, 3.63) is 22.8 Å². The van der Waals surface area contributed by atoms with Gasteiger partial charge in [0.25, 0.3) is 0 Å². The lowest BCUT2D eigenvalue weighted by Gasteiger charge is -2.06. The second-order valence-corrected chi connectivity index (χ2v) is 4.31. The highest BCUT2D eigenvalue weighted by atomic mass is 35.5. The number of hydrogen-bond donors (Lipinski definition) is 1. The largest absolute Gasteiger partial charge is 0.478 e. The molecule has 0 aliphatic heterocycles. The molecule has 0 aromatic carbocycles. The minimum Gasteiger partial charge on any atom is -0.478 e. The molecule has 1 saturated carbocycles. The molecule has 0 amide bonds. The summed E-state index contributed by atoms with van der Waals surface area (Å²) in [4.78, 5) is 4.09. The number of hydrogen-bond acceptors (Lipinski definition) is 3. The molecule has 0 bridgehead atoms. The van der Waals surface area contributed by atoms with Crippen LogP contribution in [0.15, 0.2) is 12.3 Å².